The lowest BCUT2D eigenvalue weighted by Crippen LogP contribution is -2.31. The first kappa shape index (κ1) is 16.1. The van der Waals surface area contributed by atoms with Gasteiger partial charge < -0.3 is 4.74 Å². The van der Waals surface area contributed by atoms with Gasteiger partial charge in [-0.1, -0.05) is 41.4 Å². The van der Waals surface area contributed by atoms with E-state index >= 15 is 0 Å². The molecule has 0 fully saturated rings. The summed E-state index contributed by atoms with van der Waals surface area (Å²) in [5.41, 5.74) is 4.03. The quantitative estimate of drug-likeness (QED) is 0.726. The minimum atomic E-state index is -0.555. The minimum Gasteiger partial charge on any atom is -0.480 e. The number of benzene rings is 2. The Morgan fingerprint density at radius 2 is 2.08 bits per heavy atom. The maximum atomic E-state index is 12.5. The predicted molar refractivity (Wildman–Crippen MR) is 100 cm³/mol. The lowest BCUT2D eigenvalue weighted by molar-refractivity contribution is -0.122. The van der Waals surface area contributed by atoms with E-state index in [1.54, 1.807) is 12.1 Å². The fraction of sp³-hybridized carbons (Fsp3) is 0.158. The second kappa shape index (κ2) is 6.50. The Morgan fingerprint density at radius 1 is 1.28 bits per heavy atom. The van der Waals surface area contributed by atoms with E-state index in [-0.39, 0.29) is 5.91 Å². The summed E-state index contributed by atoms with van der Waals surface area (Å²) in [7, 11) is 0. The van der Waals surface area contributed by atoms with Gasteiger partial charge in [0.25, 0.3) is 5.91 Å². The SMILES string of the molecule is Cc1ccc(-c2csc(NC(=O)[C@H]3Cc4cc(Cl)ccc4O3)n2)cc1. The fourth-order valence-electron chi connectivity index (χ4n) is 2.74. The highest BCUT2D eigenvalue weighted by Crippen LogP contribution is 2.32. The second-order valence-electron chi connectivity index (χ2n) is 5.96. The van der Waals surface area contributed by atoms with Gasteiger partial charge in [-0.05, 0) is 30.7 Å². The standard InChI is InChI=1S/C19H15ClN2O2S/c1-11-2-4-12(5-3-11)15-10-25-19(21-15)22-18(23)17-9-13-8-14(20)6-7-16(13)24-17/h2-8,10,17H,9H2,1H3,(H,21,22,23)/t17-/m1/s1. The molecule has 0 saturated carbocycles. The van der Waals surface area contributed by atoms with Crippen molar-refractivity contribution in [2.75, 3.05) is 5.32 Å². The number of amides is 1. The van der Waals surface area contributed by atoms with Crippen molar-refractivity contribution in [3.8, 4) is 17.0 Å². The summed E-state index contributed by atoms with van der Waals surface area (Å²) in [6.07, 6.45) is -0.0436. The van der Waals surface area contributed by atoms with Gasteiger partial charge in [-0.15, -0.1) is 11.3 Å². The van der Waals surface area contributed by atoms with Gasteiger partial charge in [0.05, 0.1) is 5.69 Å². The summed E-state index contributed by atoms with van der Waals surface area (Å²) in [5.74, 6) is 0.515. The Labute approximate surface area is 154 Å². The first-order valence-electron chi connectivity index (χ1n) is 7.87. The van der Waals surface area contributed by atoms with Crippen LogP contribution in [0.25, 0.3) is 11.3 Å². The van der Waals surface area contributed by atoms with E-state index in [9.17, 15) is 4.79 Å². The molecule has 4 rings (SSSR count). The molecule has 1 atom stereocenters. The molecule has 0 unspecified atom stereocenters. The first-order valence-corrected chi connectivity index (χ1v) is 9.13. The maximum absolute atomic E-state index is 12.5. The van der Waals surface area contributed by atoms with Crippen LogP contribution in [0.15, 0.2) is 47.8 Å². The number of fused-ring (bicyclic) bond motifs is 1. The van der Waals surface area contributed by atoms with Crippen LogP contribution in [-0.2, 0) is 11.2 Å². The smallest absolute Gasteiger partial charge is 0.267 e. The number of anilines is 1. The molecule has 1 aliphatic heterocycles. The molecule has 126 valence electrons. The van der Waals surface area contributed by atoms with Crippen LogP contribution in [0.3, 0.4) is 0 Å². The monoisotopic (exact) mass is 370 g/mol. The number of hydrogen-bond acceptors (Lipinski definition) is 4. The van der Waals surface area contributed by atoms with Gasteiger partial charge in [0.1, 0.15) is 5.75 Å². The molecule has 2 aromatic carbocycles. The Hall–Kier alpha value is -2.37. The molecule has 1 aromatic heterocycles. The van der Waals surface area contributed by atoms with E-state index in [0.29, 0.717) is 22.3 Å². The molecular formula is C19H15ClN2O2S. The van der Waals surface area contributed by atoms with Crippen LogP contribution < -0.4 is 10.1 Å². The van der Waals surface area contributed by atoms with Crippen molar-refractivity contribution >= 4 is 34.0 Å². The van der Waals surface area contributed by atoms with Crippen molar-refractivity contribution in [3.63, 3.8) is 0 Å². The van der Waals surface area contributed by atoms with Crippen molar-refractivity contribution in [1.82, 2.24) is 4.98 Å². The number of thiazole rings is 1. The van der Waals surface area contributed by atoms with Crippen LogP contribution in [0, 0.1) is 6.92 Å². The van der Waals surface area contributed by atoms with Crippen molar-refractivity contribution in [2.45, 2.75) is 19.4 Å². The molecule has 2 heterocycles. The third-order valence-corrected chi connectivity index (χ3v) is 5.06. The highest BCUT2D eigenvalue weighted by Gasteiger charge is 2.29. The van der Waals surface area contributed by atoms with Gasteiger partial charge in [-0.2, -0.15) is 0 Å². The summed E-state index contributed by atoms with van der Waals surface area (Å²) in [4.78, 5) is 17.0. The number of rotatable bonds is 3. The van der Waals surface area contributed by atoms with E-state index in [4.69, 9.17) is 16.3 Å². The normalized spacial score (nSPS) is 15.5. The highest BCUT2D eigenvalue weighted by molar-refractivity contribution is 7.14. The van der Waals surface area contributed by atoms with Gasteiger partial charge in [0.2, 0.25) is 0 Å². The number of carbonyl (C=O) groups is 1. The Morgan fingerprint density at radius 3 is 2.88 bits per heavy atom. The number of hydrogen-bond donors (Lipinski definition) is 1. The summed E-state index contributed by atoms with van der Waals surface area (Å²) < 4.78 is 5.71. The zero-order valence-corrected chi connectivity index (χ0v) is 15.0. The molecule has 25 heavy (non-hydrogen) atoms. The summed E-state index contributed by atoms with van der Waals surface area (Å²) in [6, 6.07) is 13.5. The van der Waals surface area contributed by atoms with Gasteiger partial charge in [0, 0.05) is 22.4 Å². The van der Waals surface area contributed by atoms with E-state index < -0.39 is 6.10 Å². The Bertz CT molecular complexity index is 937. The van der Waals surface area contributed by atoms with Gasteiger partial charge >= 0.3 is 0 Å². The van der Waals surface area contributed by atoms with Crippen LogP contribution >= 0.6 is 22.9 Å². The Kier molecular flexibility index (Phi) is 4.19. The predicted octanol–water partition coefficient (Wildman–Crippen LogP) is 4.71. The molecule has 0 saturated heterocycles. The number of aryl methyl sites for hydroxylation is 1. The van der Waals surface area contributed by atoms with Gasteiger partial charge in [0.15, 0.2) is 11.2 Å². The van der Waals surface area contributed by atoms with Crippen LogP contribution in [0.2, 0.25) is 5.02 Å². The van der Waals surface area contributed by atoms with Crippen LogP contribution in [0.4, 0.5) is 5.13 Å². The topological polar surface area (TPSA) is 51.2 Å². The van der Waals surface area contributed by atoms with E-state index in [1.165, 1.54) is 16.9 Å². The number of nitrogens with one attached hydrogen (secondary N) is 1. The first-order chi connectivity index (χ1) is 12.1. The minimum absolute atomic E-state index is 0.197. The summed E-state index contributed by atoms with van der Waals surface area (Å²) in [5, 5.41) is 5.99. The van der Waals surface area contributed by atoms with E-state index in [1.807, 2.05) is 42.6 Å². The van der Waals surface area contributed by atoms with Crippen molar-refractivity contribution in [1.29, 1.82) is 0 Å². The Balaban J connectivity index is 1.45. The van der Waals surface area contributed by atoms with Crippen molar-refractivity contribution in [2.24, 2.45) is 0 Å². The third kappa shape index (κ3) is 3.38. The molecule has 1 aliphatic rings. The molecule has 4 nitrogen and oxygen atoms in total. The average molecular weight is 371 g/mol. The van der Waals surface area contributed by atoms with Crippen molar-refractivity contribution < 1.29 is 9.53 Å². The van der Waals surface area contributed by atoms with E-state index in [0.717, 1.165) is 16.8 Å². The van der Waals surface area contributed by atoms with Crippen LogP contribution in [-0.4, -0.2) is 17.0 Å². The lowest BCUT2D eigenvalue weighted by Gasteiger charge is -2.09. The summed E-state index contributed by atoms with van der Waals surface area (Å²) >= 11 is 7.39. The van der Waals surface area contributed by atoms with Crippen LogP contribution in [0.1, 0.15) is 11.1 Å². The number of aromatic nitrogens is 1. The molecule has 1 N–H and O–H groups in total. The molecule has 6 heteroatoms. The summed E-state index contributed by atoms with van der Waals surface area (Å²) in [6.45, 7) is 2.04. The third-order valence-electron chi connectivity index (χ3n) is 4.07. The number of nitrogens with zero attached hydrogens (tertiary/aromatic N) is 1. The molecular weight excluding hydrogens is 356 g/mol. The van der Waals surface area contributed by atoms with Crippen LogP contribution in [0.5, 0.6) is 5.75 Å². The highest BCUT2D eigenvalue weighted by atomic mass is 35.5. The molecule has 3 aromatic rings. The van der Waals surface area contributed by atoms with E-state index in [2.05, 4.69) is 10.3 Å². The number of ether oxygens (including phenoxy) is 1. The molecule has 0 aliphatic carbocycles. The fourth-order valence-corrected chi connectivity index (χ4v) is 3.65. The number of carbonyl (C=O) groups excluding carboxylic acids is 1. The maximum Gasteiger partial charge on any atom is 0.267 e. The largest absolute Gasteiger partial charge is 0.480 e. The molecule has 0 radical (unpaired) electrons. The number of halogens is 1. The van der Waals surface area contributed by atoms with Crippen molar-refractivity contribution in [3.05, 3.63) is 64.0 Å². The van der Waals surface area contributed by atoms with Gasteiger partial charge in [-0.25, -0.2) is 4.98 Å². The second-order valence-corrected chi connectivity index (χ2v) is 7.25. The van der Waals surface area contributed by atoms with Gasteiger partial charge in [-0.3, -0.25) is 10.1 Å². The zero-order chi connectivity index (χ0) is 17.4. The molecule has 0 bridgehead atoms. The lowest BCUT2D eigenvalue weighted by atomic mass is 10.1. The average Bonchev–Trinajstić information content (AvgIpc) is 3.22. The molecule has 1 amide bonds. The zero-order valence-electron chi connectivity index (χ0n) is 13.5. The molecule has 0 spiro atoms.